The topological polar surface area (TPSA) is 76.7 Å². The largest absolute Gasteiger partial charge is 0.395 e. The zero-order valence-corrected chi connectivity index (χ0v) is 12.9. The second-order valence-corrected chi connectivity index (χ2v) is 5.71. The molecule has 0 spiro atoms. The summed E-state index contributed by atoms with van der Waals surface area (Å²) in [5.41, 5.74) is 4.67. The Morgan fingerprint density at radius 2 is 2.04 bits per heavy atom. The summed E-state index contributed by atoms with van der Waals surface area (Å²) in [6.45, 7) is 1.22. The van der Waals surface area contributed by atoms with E-state index in [1.807, 2.05) is 24.4 Å². The second-order valence-electron chi connectivity index (χ2n) is 5.71. The first-order valence-corrected chi connectivity index (χ1v) is 7.82. The smallest absolute Gasteiger partial charge is 0.125 e. The van der Waals surface area contributed by atoms with Crippen molar-refractivity contribution in [2.75, 3.05) is 13.2 Å². The molecular formula is C18H17FN4O. The first kappa shape index (κ1) is 14.9. The number of rotatable bonds is 5. The molecule has 5 nitrogen and oxygen atoms in total. The van der Waals surface area contributed by atoms with Crippen LogP contribution < -0.4 is 5.32 Å². The summed E-state index contributed by atoms with van der Waals surface area (Å²) in [7, 11) is 0. The van der Waals surface area contributed by atoms with Gasteiger partial charge < -0.3 is 20.4 Å². The molecule has 0 radical (unpaired) electrons. The molecule has 24 heavy (non-hydrogen) atoms. The van der Waals surface area contributed by atoms with Gasteiger partial charge in [-0.1, -0.05) is 6.07 Å². The molecule has 122 valence electrons. The SMILES string of the molecule is OCCNCc1nc2cc(-c3c[nH]c4cc(F)ccc34)ccc2[nH]1. The van der Waals surface area contributed by atoms with Crippen molar-refractivity contribution in [1.29, 1.82) is 0 Å². The van der Waals surface area contributed by atoms with Crippen molar-refractivity contribution in [3.05, 3.63) is 54.2 Å². The Hall–Kier alpha value is -2.70. The minimum Gasteiger partial charge on any atom is -0.395 e. The summed E-state index contributed by atoms with van der Waals surface area (Å²) in [5, 5.41) is 12.9. The number of halogens is 1. The summed E-state index contributed by atoms with van der Waals surface area (Å²) in [6.07, 6.45) is 1.89. The van der Waals surface area contributed by atoms with Gasteiger partial charge in [0.2, 0.25) is 0 Å². The van der Waals surface area contributed by atoms with E-state index >= 15 is 0 Å². The molecule has 0 aliphatic carbocycles. The lowest BCUT2D eigenvalue weighted by Gasteiger charge is -2.00. The molecule has 0 aliphatic rings. The molecule has 0 aliphatic heterocycles. The molecule has 0 amide bonds. The standard InChI is InChI=1S/C18H17FN4O/c19-12-2-3-13-14(9-21-16(13)8-12)11-1-4-15-17(7-11)23-18(22-15)10-20-5-6-24/h1-4,7-9,20-21,24H,5-6,10H2,(H,22,23). The molecule has 2 heterocycles. The Morgan fingerprint density at radius 1 is 1.12 bits per heavy atom. The van der Waals surface area contributed by atoms with Gasteiger partial charge in [0.15, 0.2) is 0 Å². The average molecular weight is 324 g/mol. The van der Waals surface area contributed by atoms with E-state index in [1.165, 1.54) is 12.1 Å². The van der Waals surface area contributed by atoms with Gasteiger partial charge in [0.1, 0.15) is 11.6 Å². The Bertz CT molecular complexity index is 1000. The number of aliphatic hydroxyl groups excluding tert-OH is 1. The van der Waals surface area contributed by atoms with Gasteiger partial charge >= 0.3 is 0 Å². The third kappa shape index (κ3) is 2.66. The predicted molar refractivity (Wildman–Crippen MR) is 92.1 cm³/mol. The molecule has 6 heteroatoms. The van der Waals surface area contributed by atoms with E-state index in [0.717, 1.165) is 38.9 Å². The molecule has 0 atom stereocenters. The van der Waals surface area contributed by atoms with Crippen LogP contribution in [0.25, 0.3) is 33.1 Å². The number of aliphatic hydroxyl groups is 1. The van der Waals surface area contributed by atoms with Crippen molar-refractivity contribution in [2.45, 2.75) is 6.54 Å². The molecule has 4 rings (SSSR count). The lowest BCUT2D eigenvalue weighted by Crippen LogP contribution is -2.18. The zero-order valence-electron chi connectivity index (χ0n) is 12.9. The second kappa shape index (κ2) is 6.07. The van der Waals surface area contributed by atoms with E-state index < -0.39 is 0 Å². The maximum atomic E-state index is 13.3. The molecule has 0 unspecified atom stereocenters. The van der Waals surface area contributed by atoms with E-state index in [-0.39, 0.29) is 12.4 Å². The highest BCUT2D eigenvalue weighted by Crippen LogP contribution is 2.30. The lowest BCUT2D eigenvalue weighted by molar-refractivity contribution is 0.291. The summed E-state index contributed by atoms with van der Waals surface area (Å²) in [6, 6.07) is 10.8. The quantitative estimate of drug-likeness (QED) is 0.426. The van der Waals surface area contributed by atoms with Crippen molar-refractivity contribution in [3.63, 3.8) is 0 Å². The Balaban J connectivity index is 1.71. The van der Waals surface area contributed by atoms with Gasteiger partial charge in [-0.2, -0.15) is 0 Å². The van der Waals surface area contributed by atoms with Crippen LogP contribution in [0.4, 0.5) is 4.39 Å². The molecule has 0 bridgehead atoms. The predicted octanol–water partition coefficient (Wildman–Crippen LogP) is 2.93. The molecule has 2 aromatic carbocycles. The Kier molecular flexibility index (Phi) is 3.76. The molecule has 0 fully saturated rings. The van der Waals surface area contributed by atoms with Gasteiger partial charge in [-0.3, -0.25) is 0 Å². The third-order valence-electron chi connectivity index (χ3n) is 4.07. The van der Waals surface area contributed by atoms with Crippen LogP contribution in [0.15, 0.2) is 42.6 Å². The molecule has 2 aromatic heterocycles. The number of hydrogen-bond acceptors (Lipinski definition) is 3. The number of fused-ring (bicyclic) bond motifs is 2. The van der Waals surface area contributed by atoms with Crippen LogP contribution in [0.2, 0.25) is 0 Å². The number of hydrogen-bond donors (Lipinski definition) is 4. The number of aromatic amines is 2. The van der Waals surface area contributed by atoms with Crippen LogP contribution in [0.1, 0.15) is 5.82 Å². The van der Waals surface area contributed by atoms with Gasteiger partial charge in [0, 0.05) is 29.2 Å². The lowest BCUT2D eigenvalue weighted by atomic mass is 10.0. The molecule has 0 saturated heterocycles. The highest BCUT2D eigenvalue weighted by Gasteiger charge is 2.09. The van der Waals surface area contributed by atoms with Crippen molar-refractivity contribution in [1.82, 2.24) is 20.3 Å². The van der Waals surface area contributed by atoms with Crippen LogP contribution in [0, 0.1) is 5.82 Å². The van der Waals surface area contributed by atoms with E-state index in [0.29, 0.717) is 13.1 Å². The third-order valence-corrected chi connectivity index (χ3v) is 4.07. The van der Waals surface area contributed by atoms with Crippen LogP contribution >= 0.6 is 0 Å². The maximum Gasteiger partial charge on any atom is 0.125 e. The van der Waals surface area contributed by atoms with Crippen LogP contribution in [-0.4, -0.2) is 33.2 Å². The maximum absolute atomic E-state index is 13.3. The monoisotopic (exact) mass is 324 g/mol. The van der Waals surface area contributed by atoms with Crippen LogP contribution in [0.3, 0.4) is 0 Å². The van der Waals surface area contributed by atoms with E-state index in [2.05, 4.69) is 20.3 Å². The molecule has 4 aromatic rings. The molecular weight excluding hydrogens is 307 g/mol. The van der Waals surface area contributed by atoms with Crippen molar-refractivity contribution < 1.29 is 9.50 Å². The summed E-state index contributed by atoms with van der Waals surface area (Å²) in [4.78, 5) is 11.0. The Labute approximate surface area is 137 Å². The average Bonchev–Trinajstić information content (AvgIpc) is 3.17. The summed E-state index contributed by atoms with van der Waals surface area (Å²) < 4.78 is 13.3. The number of aromatic nitrogens is 3. The highest BCUT2D eigenvalue weighted by molar-refractivity contribution is 5.97. The van der Waals surface area contributed by atoms with Crippen LogP contribution in [-0.2, 0) is 6.54 Å². The fourth-order valence-corrected chi connectivity index (χ4v) is 2.93. The minimum absolute atomic E-state index is 0.103. The molecule has 0 saturated carbocycles. The van der Waals surface area contributed by atoms with E-state index in [9.17, 15) is 4.39 Å². The fraction of sp³-hybridized carbons (Fsp3) is 0.167. The van der Waals surface area contributed by atoms with Crippen LogP contribution in [0.5, 0.6) is 0 Å². The first-order valence-electron chi connectivity index (χ1n) is 7.82. The zero-order chi connectivity index (χ0) is 16.5. The number of H-pyrrole nitrogens is 2. The number of benzene rings is 2. The number of nitrogens with one attached hydrogen (secondary N) is 3. The van der Waals surface area contributed by atoms with Crippen molar-refractivity contribution in [2.24, 2.45) is 0 Å². The first-order chi connectivity index (χ1) is 11.7. The van der Waals surface area contributed by atoms with Gasteiger partial charge in [-0.25, -0.2) is 9.37 Å². The molecule has 4 N–H and O–H groups in total. The summed E-state index contributed by atoms with van der Waals surface area (Å²) >= 11 is 0. The fourth-order valence-electron chi connectivity index (χ4n) is 2.93. The van der Waals surface area contributed by atoms with E-state index in [1.54, 1.807) is 6.07 Å². The van der Waals surface area contributed by atoms with Gasteiger partial charge in [0.05, 0.1) is 24.2 Å². The van der Waals surface area contributed by atoms with Gasteiger partial charge in [-0.05, 0) is 35.9 Å². The van der Waals surface area contributed by atoms with E-state index in [4.69, 9.17) is 5.11 Å². The van der Waals surface area contributed by atoms with Gasteiger partial charge in [0.25, 0.3) is 0 Å². The number of nitrogens with zero attached hydrogens (tertiary/aromatic N) is 1. The Morgan fingerprint density at radius 3 is 2.92 bits per heavy atom. The van der Waals surface area contributed by atoms with Gasteiger partial charge in [-0.15, -0.1) is 0 Å². The minimum atomic E-state index is -0.251. The highest BCUT2D eigenvalue weighted by atomic mass is 19.1. The van der Waals surface area contributed by atoms with Crippen molar-refractivity contribution in [3.8, 4) is 11.1 Å². The summed E-state index contributed by atoms with van der Waals surface area (Å²) in [5.74, 6) is 0.579. The number of imidazole rings is 1. The van der Waals surface area contributed by atoms with Crippen molar-refractivity contribution >= 4 is 21.9 Å². The normalized spacial score (nSPS) is 11.6.